The van der Waals surface area contributed by atoms with Gasteiger partial charge >= 0.3 is 0 Å². The Bertz CT molecular complexity index is 475. The Hall–Kier alpha value is -1.45. The lowest BCUT2D eigenvalue weighted by atomic mass is 9.92. The molecule has 1 aromatic heterocycles. The minimum absolute atomic E-state index is 0.0978. The lowest BCUT2D eigenvalue weighted by molar-refractivity contribution is 0.234. The molecular weight excluding hydrogens is 250 g/mol. The molecular formula is C16H25N3O. The summed E-state index contributed by atoms with van der Waals surface area (Å²) in [5, 5.41) is 0. The van der Waals surface area contributed by atoms with E-state index in [-0.39, 0.29) is 6.10 Å². The van der Waals surface area contributed by atoms with E-state index in [2.05, 4.69) is 9.88 Å². The van der Waals surface area contributed by atoms with Crippen LogP contribution in [-0.2, 0) is 0 Å². The molecule has 110 valence electrons. The molecule has 1 aliphatic heterocycles. The molecule has 1 aromatic rings. The van der Waals surface area contributed by atoms with Gasteiger partial charge in [-0.3, -0.25) is 0 Å². The summed E-state index contributed by atoms with van der Waals surface area (Å²) in [7, 11) is 0. The van der Waals surface area contributed by atoms with Crippen molar-refractivity contribution in [3.05, 3.63) is 12.1 Å². The maximum absolute atomic E-state index is 5.97. The second-order valence-electron chi connectivity index (χ2n) is 6.32. The Morgan fingerprint density at radius 2 is 2.05 bits per heavy atom. The van der Waals surface area contributed by atoms with E-state index in [1.165, 1.54) is 32.1 Å². The summed E-state index contributed by atoms with van der Waals surface area (Å²) < 4.78 is 5.73. The molecule has 1 saturated heterocycles. The number of anilines is 2. The second-order valence-corrected chi connectivity index (χ2v) is 6.32. The minimum atomic E-state index is 0.0978. The van der Waals surface area contributed by atoms with Crippen LogP contribution in [0.2, 0.25) is 0 Å². The zero-order valence-corrected chi connectivity index (χ0v) is 12.5. The first-order valence-electron chi connectivity index (χ1n) is 7.85. The Labute approximate surface area is 121 Å². The van der Waals surface area contributed by atoms with Crippen LogP contribution in [0.25, 0.3) is 0 Å². The number of ether oxygens (including phenoxy) is 1. The quantitative estimate of drug-likeness (QED) is 0.920. The number of nitrogens with two attached hydrogens (primary N) is 1. The number of hydrogen-bond acceptors (Lipinski definition) is 4. The van der Waals surface area contributed by atoms with E-state index in [1.54, 1.807) is 0 Å². The first-order valence-corrected chi connectivity index (χ1v) is 7.85. The average Bonchev–Trinajstić information content (AvgIpc) is 2.89. The van der Waals surface area contributed by atoms with Crippen molar-refractivity contribution in [2.24, 2.45) is 5.92 Å². The lowest BCUT2D eigenvalue weighted by Gasteiger charge is -2.38. The predicted octanol–water partition coefficient (Wildman–Crippen LogP) is 3.22. The van der Waals surface area contributed by atoms with E-state index in [0.29, 0.717) is 17.6 Å². The molecule has 0 radical (unpaired) electrons. The third kappa shape index (κ3) is 2.56. The van der Waals surface area contributed by atoms with Gasteiger partial charge in [-0.05, 0) is 57.6 Å². The maximum atomic E-state index is 5.97. The summed E-state index contributed by atoms with van der Waals surface area (Å²) in [5.74, 6) is 2.47. The largest absolute Gasteiger partial charge is 0.473 e. The van der Waals surface area contributed by atoms with Crippen LogP contribution in [0.3, 0.4) is 0 Å². The van der Waals surface area contributed by atoms with Gasteiger partial charge in [-0.25, -0.2) is 0 Å². The molecule has 3 rings (SSSR count). The smallest absolute Gasteiger partial charge is 0.239 e. The van der Waals surface area contributed by atoms with Crippen molar-refractivity contribution in [1.29, 1.82) is 0 Å². The maximum Gasteiger partial charge on any atom is 0.239 e. The third-order valence-corrected chi connectivity index (χ3v) is 4.51. The zero-order valence-electron chi connectivity index (χ0n) is 12.5. The van der Waals surface area contributed by atoms with Crippen LogP contribution in [-0.4, -0.2) is 23.7 Å². The SMILES string of the molecule is CC(C)Oc1nc(N2CCCC3CCCC32)ccc1N. The van der Waals surface area contributed by atoms with Gasteiger partial charge in [-0.15, -0.1) is 0 Å². The molecule has 2 N–H and O–H groups in total. The number of aromatic nitrogens is 1. The van der Waals surface area contributed by atoms with E-state index in [0.717, 1.165) is 18.3 Å². The van der Waals surface area contributed by atoms with Crippen LogP contribution in [0.4, 0.5) is 11.5 Å². The number of rotatable bonds is 3. The van der Waals surface area contributed by atoms with Crippen molar-refractivity contribution in [3.63, 3.8) is 0 Å². The Kier molecular flexibility index (Phi) is 3.72. The molecule has 0 aromatic carbocycles. The van der Waals surface area contributed by atoms with Crippen LogP contribution < -0.4 is 15.4 Å². The fourth-order valence-corrected chi connectivity index (χ4v) is 3.66. The molecule has 2 unspecified atom stereocenters. The highest BCUT2D eigenvalue weighted by molar-refractivity contribution is 5.55. The standard InChI is InChI=1S/C16H25N3O/c1-11(2)20-16-13(17)8-9-15(18-16)19-10-4-6-12-5-3-7-14(12)19/h8-9,11-12,14H,3-7,10,17H2,1-2H3. The number of hydrogen-bond donors (Lipinski definition) is 1. The van der Waals surface area contributed by atoms with E-state index in [4.69, 9.17) is 10.5 Å². The summed E-state index contributed by atoms with van der Waals surface area (Å²) in [4.78, 5) is 7.16. The molecule has 20 heavy (non-hydrogen) atoms. The van der Waals surface area contributed by atoms with Gasteiger partial charge in [0.2, 0.25) is 5.88 Å². The predicted molar refractivity (Wildman–Crippen MR) is 82.1 cm³/mol. The topological polar surface area (TPSA) is 51.4 Å². The highest BCUT2D eigenvalue weighted by Gasteiger charge is 2.35. The second kappa shape index (κ2) is 5.51. The molecule has 2 heterocycles. The van der Waals surface area contributed by atoms with Crippen molar-refractivity contribution in [3.8, 4) is 5.88 Å². The molecule has 2 aliphatic rings. The molecule has 1 aliphatic carbocycles. The van der Waals surface area contributed by atoms with Crippen molar-refractivity contribution in [2.45, 2.75) is 58.1 Å². The number of nitrogens with zero attached hydrogens (tertiary/aromatic N) is 2. The van der Waals surface area contributed by atoms with Gasteiger partial charge in [0.1, 0.15) is 5.82 Å². The summed E-state index contributed by atoms with van der Waals surface area (Å²) in [6.45, 7) is 5.11. The van der Waals surface area contributed by atoms with Gasteiger partial charge in [-0.2, -0.15) is 4.98 Å². The van der Waals surface area contributed by atoms with Crippen LogP contribution in [0.1, 0.15) is 46.0 Å². The molecule has 4 heteroatoms. The summed E-state index contributed by atoms with van der Waals surface area (Å²) in [6.07, 6.45) is 6.79. The summed E-state index contributed by atoms with van der Waals surface area (Å²) in [6, 6.07) is 4.65. The Morgan fingerprint density at radius 1 is 1.25 bits per heavy atom. The van der Waals surface area contributed by atoms with E-state index < -0.39 is 0 Å². The van der Waals surface area contributed by atoms with Gasteiger partial charge in [0, 0.05) is 12.6 Å². The van der Waals surface area contributed by atoms with Gasteiger partial charge in [0.05, 0.1) is 11.8 Å². The van der Waals surface area contributed by atoms with E-state index >= 15 is 0 Å². The van der Waals surface area contributed by atoms with Crippen molar-refractivity contribution in [1.82, 2.24) is 4.98 Å². The summed E-state index contributed by atoms with van der Waals surface area (Å²) >= 11 is 0. The highest BCUT2D eigenvalue weighted by atomic mass is 16.5. The van der Waals surface area contributed by atoms with Gasteiger partial charge in [-0.1, -0.05) is 6.42 Å². The van der Waals surface area contributed by atoms with Gasteiger partial charge in [0.25, 0.3) is 0 Å². The van der Waals surface area contributed by atoms with Gasteiger partial charge < -0.3 is 15.4 Å². The van der Waals surface area contributed by atoms with Crippen LogP contribution in [0.5, 0.6) is 5.88 Å². The van der Waals surface area contributed by atoms with Crippen LogP contribution in [0.15, 0.2) is 12.1 Å². The lowest BCUT2D eigenvalue weighted by Crippen LogP contribution is -2.43. The number of piperidine rings is 1. The number of nitrogen functional groups attached to an aromatic ring is 1. The molecule has 0 amide bonds. The molecule has 4 nitrogen and oxygen atoms in total. The average molecular weight is 275 g/mol. The first kappa shape index (κ1) is 13.5. The summed E-state index contributed by atoms with van der Waals surface area (Å²) in [5.41, 5.74) is 6.60. The van der Waals surface area contributed by atoms with Crippen molar-refractivity contribution < 1.29 is 4.74 Å². The van der Waals surface area contributed by atoms with E-state index in [9.17, 15) is 0 Å². The van der Waals surface area contributed by atoms with Crippen LogP contribution >= 0.6 is 0 Å². The molecule has 0 spiro atoms. The Balaban J connectivity index is 1.85. The zero-order chi connectivity index (χ0) is 14.1. The monoisotopic (exact) mass is 275 g/mol. The molecule has 1 saturated carbocycles. The molecule has 2 fully saturated rings. The number of pyridine rings is 1. The highest BCUT2D eigenvalue weighted by Crippen LogP contribution is 2.39. The van der Waals surface area contributed by atoms with Gasteiger partial charge in [0.15, 0.2) is 0 Å². The minimum Gasteiger partial charge on any atom is -0.473 e. The number of fused-ring (bicyclic) bond motifs is 1. The third-order valence-electron chi connectivity index (χ3n) is 4.51. The fourth-order valence-electron chi connectivity index (χ4n) is 3.66. The van der Waals surface area contributed by atoms with Crippen molar-refractivity contribution >= 4 is 11.5 Å². The Morgan fingerprint density at radius 3 is 2.85 bits per heavy atom. The molecule has 2 atom stereocenters. The molecule has 0 bridgehead atoms. The van der Waals surface area contributed by atoms with Crippen LogP contribution in [0, 0.1) is 5.92 Å². The van der Waals surface area contributed by atoms with E-state index in [1.807, 2.05) is 26.0 Å². The fraction of sp³-hybridized carbons (Fsp3) is 0.688. The normalized spacial score (nSPS) is 25.9. The van der Waals surface area contributed by atoms with Crippen molar-refractivity contribution in [2.75, 3.05) is 17.2 Å². The first-order chi connectivity index (χ1) is 9.65.